The number of benzene rings is 1. The predicted octanol–water partition coefficient (Wildman–Crippen LogP) is 2.65. The monoisotopic (exact) mass is 383 g/mol. The number of para-hydroxylation sites is 2. The van der Waals surface area contributed by atoms with Crippen LogP contribution in [0.3, 0.4) is 0 Å². The average molecular weight is 384 g/mol. The van der Waals surface area contributed by atoms with Crippen LogP contribution in [0, 0.1) is 0 Å². The van der Waals surface area contributed by atoms with E-state index >= 15 is 0 Å². The van der Waals surface area contributed by atoms with Crippen molar-refractivity contribution in [2.24, 2.45) is 5.73 Å². The Labute approximate surface area is 157 Å². The highest BCUT2D eigenvalue weighted by molar-refractivity contribution is 7.10. The maximum absolute atomic E-state index is 12.1. The van der Waals surface area contributed by atoms with Crippen LogP contribution in [0.2, 0.25) is 0 Å². The largest absolute Gasteiger partial charge is 0.380 e. The Morgan fingerprint density at radius 3 is 2.28 bits per heavy atom. The van der Waals surface area contributed by atoms with Crippen molar-refractivity contribution in [3.8, 4) is 0 Å². The topological polar surface area (TPSA) is 93.4 Å². The van der Waals surface area contributed by atoms with Gasteiger partial charge in [0.1, 0.15) is 0 Å². The Morgan fingerprint density at radius 2 is 1.76 bits per heavy atom. The summed E-state index contributed by atoms with van der Waals surface area (Å²) in [5.74, 6) is -0.344. The Kier molecular flexibility index (Phi) is 9.15. The quantitative estimate of drug-likeness (QED) is 0.653. The Balaban J connectivity index is 0.00000312. The molecule has 0 saturated heterocycles. The van der Waals surface area contributed by atoms with Gasteiger partial charge in [-0.3, -0.25) is 9.59 Å². The summed E-state index contributed by atoms with van der Waals surface area (Å²) < 4.78 is 5.11. The lowest BCUT2D eigenvalue weighted by molar-refractivity contribution is -0.118. The molecule has 4 N–H and O–H groups in total. The summed E-state index contributed by atoms with van der Waals surface area (Å²) in [4.78, 5) is 25.2. The molecule has 25 heavy (non-hydrogen) atoms. The van der Waals surface area contributed by atoms with E-state index in [1.54, 1.807) is 24.3 Å². The zero-order chi connectivity index (χ0) is 17.4. The van der Waals surface area contributed by atoms with Gasteiger partial charge in [0.15, 0.2) is 0 Å². The lowest BCUT2D eigenvalue weighted by atomic mass is 10.2. The summed E-state index contributed by atoms with van der Waals surface area (Å²) in [5.41, 5.74) is 6.64. The van der Waals surface area contributed by atoms with Gasteiger partial charge in [-0.1, -0.05) is 18.2 Å². The molecule has 1 aromatic heterocycles. The maximum atomic E-state index is 12.1. The predicted molar refractivity (Wildman–Crippen MR) is 103 cm³/mol. The second kappa shape index (κ2) is 10.8. The SMILES string of the molecule is COC(CN)CC(=O)Nc1ccccc1NC(=O)Cc1cccs1.Cl. The number of hydrogen-bond acceptors (Lipinski definition) is 5. The van der Waals surface area contributed by atoms with Gasteiger partial charge in [-0.05, 0) is 23.6 Å². The number of hydrogen-bond donors (Lipinski definition) is 3. The molecule has 1 aromatic carbocycles. The first-order valence-electron chi connectivity index (χ1n) is 7.56. The molecule has 1 heterocycles. The average Bonchev–Trinajstić information content (AvgIpc) is 3.07. The van der Waals surface area contributed by atoms with Crippen molar-refractivity contribution >= 4 is 46.9 Å². The lowest BCUT2D eigenvalue weighted by Crippen LogP contribution is -2.28. The molecule has 0 spiro atoms. The first-order chi connectivity index (χ1) is 11.6. The maximum Gasteiger partial charge on any atom is 0.229 e. The minimum atomic E-state index is -0.328. The van der Waals surface area contributed by atoms with Crippen LogP contribution in [0.1, 0.15) is 11.3 Å². The Bertz CT molecular complexity index is 676. The fourth-order valence-electron chi connectivity index (χ4n) is 2.14. The van der Waals surface area contributed by atoms with Crippen LogP contribution in [0.15, 0.2) is 41.8 Å². The highest BCUT2D eigenvalue weighted by atomic mass is 35.5. The molecule has 0 bridgehead atoms. The third kappa shape index (κ3) is 6.83. The van der Waals surface area contributed by atoms with Crippen LogP contribution in [0.5, 0.6) is 0 Å². The van der Waals surface area contributed by atoms with Crippen molar-refractivity contribution in [1.82, 2.24) is 0 Å². The van der Waals surface area contributed by atoms with E-state index in [0.717, 1.165) is 4.88 Å². The molecule has 0 aliphatic heterocycles. The molecule has 1 unspecified atom stereocenters. The molecule has 6 nitrogen and oxygen atoms in total. The van der Waals surface area contributed by atoms with E-state index in [-0.39, 0.29) is 43.3 Å². The van der Waals surface area contributed by atoms with Crippen molar-refractivity contribution in [1.29, 1.82) is 0 Å². The number of amides is 2. The van der Waals surface area contributed by atoms with Crippen LogP contribution in [0.4, 0.5) is 11.4 Å². The van der Waals surface area contributed by atoms with E-state index in [0.29, 0.717) is 17.8 Å². The van der Waals surface area contributed by atoms with Gasteiger partial charge >= 0.3 is 0 Å². The van der Waals surface area contributed by atoms with Crippen LogP contribution in [-0.2, 0) is 20.7 Å². The van der Waals surface area contributed by atoms with E-state index < -0.39 is 0 Å². The first kappa shape index (κ1) is 21.1. The summed E-state index contributed by atoms with van der Waals surface area (Å²) >= 11 is 1.53. The Morgan fingerprint density at radius 1 is 1.12 bits per heavy atom. The highest BCUT2D eigenvalue weighted by Gasteiger charge is 2.14. The minimum Gasteiger partial charge on any atom is -0.380 e. The lowest BCUT2D eigenvalue weighted by Gasteiger charge is -2.15. The van der Waals surface area contributed by atoms with E-state index in [2.05, 4.69) is 10.6 Å². The van der Waals surface area contributed by atoms with Gasteiger partial charge in [0.2, 0.25) is 11.8 Å². The molecule has 0 radical (unpaired) electrons. The van der Waals surface area contributed by atoms with Crippen LogP contribution >= 0.6 is 23.7 Å². The molecular formula is C17H22ClN3O3S. The smallest absolute Gasteiger partial charge is 0.229 e. The molecular weight excluding hydrogens is 362 g/mol. The van der Waals surface area contributed by atoms with Crippen LogP contribution in [-0.4, -0.2) is 31.6 Å². The second-order valence-corrected chi connectivity index (χ2v) is 6.23. The summed E-state index contributed by atoms with van der Waals surface area (Å²) in [6.07, 6.45) is 0.133. The normalized spacial score (nSPS) is 11.3. The number of anilines is 2. The molecule has 0 aliphatic rings. The number of methoxy groups -OCH3 is 1. The number of ether oxygens (including phenoxy) is 1. The summed E-state index contributed by atoms with van der Waals surface area (Å²) in [6.45, 7) is 0.267. The van der Waals surface area contributed by atoms with Gasteiger partial charge < -0.3 is 21.1 Å². The molecule has 2 rings (SSSR count). The van der Waals surface area contributed by atoms with Gasteiger partial charge in [-0.2, -0.15) is 0 Å². The van der Waals surface area contributed by atoms with Crippen molar-refractivity contribution in [3.05, 3.63) is 46.7 Å². The van der Waals surface area contributed by atoms with Gasteiger partial charge in [0.25, 0.3) is 0 Å². The van der Waals surface area contributed by atoms with E-state index in [9.17, 15) is 9.59 Å². The van der Waals surface area contributed by atoms with Gasteiger partial charge in [0, 0.05) is 18.5 Å². The third-order valence-corrected chi connectivity index (χ3v) is 4.28. The second-order valence-electron chi connectivity index (χ2n) is 5.20. The fraction of sp³-hybridized carbons (Fsp3) is 0.294. The standard InChI is InChI=1S/C17H21N3O3S.ClH/c1-23-12(11-18)9-16(21)19-14-6-2-3-7-15(14)20-17(22)10-13-5-4-8-24-13;/h2-8,12H,9-11,18H2,1H3,(H,19,21)(H,20,22);1H. The summed E-state index contributed by atoms with van der Waals surface area (Å²) in [6, 6.07) is 10.9. The molecule has 0 aliphatic carbocycles. The van der Waals surface area contributed by atoms with Crippen molar-refractivity contribution in [3.63, 3.8) is 0 Å². The molecule has 136 valence electrons. The van der Waals surface area contributed by atoms with Crippen molar-refractivity contribution in [2.45, 2.75) is 18.9 Å². The number of halogens is 1. The number of thiophene rings is 1. The van der Waals surface area contributed by atoms with E-state index in [1.807, 2.05) is 17.5 Å². The van der Waals surface area contributed by atoms with Gasteiger partial charge in [-0.25, -0.2) is 0 Å². The third-order valence-electron chi connectivity index (χ3n) is 3.40. The van der Waals surface area contributed by atoms with Crippen molar-refractivity contribution in [2.75, 3.05) is 24.3 Å². The minimum absolute atomic E-state index is 0. The summed E-state index contributed by atoms with van der Waals surface area (Å²) in [5, 5.41) is 7.55. The highest BCUT2D eigenvalue weighted by Crippen LogP contribution is 2.22. The number of nitrogens with one attached hydrogen (secondary N) is 2. The first-order valence-corrected chi connectivity index (χ1v) is 8.44. The van der Waals surface area contributed by atoms with Crippen molar-refractivity contribution < 1.29 is 14.3 Å². The molecule has 0 fully saturated rings. The van der Waals surface area contributed by atoms with Crippen LogP contribution in [0.25, 0.3) is 0 Å². The molecule has 2 amide bonds. The number of nitrogens with two attached hydrogens (primary N) is 1. The molecule has 0 saturated carbocycles. The molecule has 2 aromatic rings. The van der Waals surface area contributed by atoms with Crippen LogP contribution < -0.4 is 16.4 Å². The zero-order valence-corrected chi connectivity index (χ0v) is 15.5. The molecule has 8 heteroatoms. The number of carbonyl (C=O) groups excluding carboxylic acids is 2. The number of carbonyl (C=O) groups is 2. The van der Waals surface area contributed by atoms with E-state index in [4.69, 9.17) is 10.5 Å². The summed E-state index contributed by atoms with van der Waals surface area (Å²) in [7, 11) is 1.52. The van der Waals surface area contributed by atoms with E-state index in [1.165, 1.54) is 18.4 Å². The fourth-order valence-corrected chi connectivity index (χ4v) is 2.84. The van der Waals surface area contributed by atoms with Gasteiger partial charge in [-0.15, -0.1) is 23.7 Å². The zero-order valence-electron chi connectivity index (χ0n) is 13.9. The molecule has 1 atom stereocenters. The Hall–Kier alpha value is -1.93. The van der Waals surface area contributed by atoms with Gasteiger partial charge in [0.05, 0.1) is 30.3 Å². The number of rotatable bonds is 8.